The van der Waals surface area contributed by atoms with E-state index in [1.165, 1.54) is 5.56 Å². The minimum absolute atomic E-state index is 0.710. The van der Waals surface area contributed by atoms with Crippen LogP contribution in [0.1, 0.15) is 18.9 Å². The van der Waals surface area contributed by atoms with Crippen molar-refractivity contribution in [1.29, 1.82) is 0 Å². The number of aliphatic imine (C=N–C) groups is 1. The van der Waals surface area contributed by atoms with E-state index in [4.69, 9.17) is 0 Å². The van der Waals surface area contributed by atoms with Crippen LogP contribution in [0.15, 0.2) is 29.4 Å². The molecule has 0 saturated carbocycles. The van der Waals surface area contributed by atoms with Gasteiger partial charge in [0.1, 0.15) is 5.69 Å². The molecule has 0 radical (unpaired) electrons. The van der Waals surface area contributed by atoms with Gasteiger partial charge in [-0.25, -0.2) is 4.79 Å². The summed E-state index contributed by atoms with van der Waals surface area (Å²) in [7, 11) is 0. The number of fused-ring (bicyclic) bond motifs is 1. The Morgan fingerprint density at radius 2 is 2.25 bits per heavy atom. The lowest BCUT2D eigenvalue weighted by molar-refractivity contribution is 0.565. The van der Waals surface area contributed by atoms with Crippen molar-refractivity contribution in [1.82, 2.24) is 4.57 Å². The largest absolute Gasteiger partial charge is 0.345 e. The lowest BCUT2D eigenvalue weighted by Gasteiger charge is -2.02. The number of aromatic nitrogens is 1. The molecule has 1 heterocycles. The second-order valence-corrected chi connectivity index (χ2v) is 3.93. The predicted octanol–water partition coefficient (Wildman–Crippen LogP) is 3.33. The first kappa shape index (κ1) is 10.7. The summed E-state index contributed by atoms with van der Waals surface area (Å²) in [6, 6.07) is 6.20. The van der Waals surface area contributed by atoms with Crippen molar-refractivity contribution in [3.63, 3.8) is 0 Å². The Morgan fingerprint density at radius 1 is 1.44 bits per heavy atom. The molecule has 3 heteroatoms. The maximum Gasteiger partial charge on any atom is 0.240 e. The summed E-state index contributed by atoms with van der Waals surface area (Å²) < 4.78 is 2.13. The van der Waals surface area contributed by atoms with E-state index in [1.807, 2.05) is 13.1 Å². The zero-order valence-corrected chi connectivity index (χ0v) is 9.53. The highest BCUT2D eigenvalue weighted by Crippen LogP contribution is 2.29. The van der Waals surface area contributed by atoms with Crippen molar-refractivity contribution >= 4 is 22.7 Å². The van der Waals surface area contributed by atoms with Crippen LogP contribution < -0.4 is 0 Å². The highest BCUT2D eigenvalue weighted by molar-refractivity contribution is 5.92. The highest BCUT2D eigenvalue weighted by Gasteiger charge is 2.07. The average Bonchev–Trinajstić information content (AvgIpc) is 2.58. The molecule has 3 nitrogen and oxygen atoms in total. The Bertz CT molecular complexity index is 563. The molecule has 0 aliphatic heterocycles. The molecule has 0 N–H and O–H groups in total. The number of hydrogen-bond donors (Lipinski definition) is 0. The van der Waals surface area contributed by atoms with Gasteiger partial charge in [0.2, 0.25) is 6.08 Å². The maximum absolute atomic E-state index is 10.4. The lowest BCUT2D eigenvalue weighted by atomic mass is 10.1. The van der Waals surface area contributed by atoms with Gasteiger partial charge in [-0.2, -0.15) is 4.99 Å². The fourth-order valence-electron chi connectivity index (χ4n) is 1.96. The van der Waals surface area contributed by atoms with Crippen LogP contribution in [0.25, 0.3) is 10.9 Å². The van der Waals surface area contributed by atoms with Gasteiger partial charge in [0.25, 0.3) is 0 Å². The smallest absolute Gasteiger partial charge is 0.240 e. The Hall–Kier alpha value is -1.86. The summed E-state index contributed by atoms with van der Waals surface area (Å²) in [5.74, 6) is 0. The molecular formula is C13H14N2O. The first-order valence-corrected chi connectivity index (χ1v) is 5.43. The molecule has 0 amide bonds. The van der Waals surface area contributed by atoms with Crippen molar-refractivity contribution in [2.75, 3.05) is 0 Å². The molecule has 0 aliphatic carbocycles. The van der Waals surface area contributed by atoms with E-state index in [9.17, 15) is 4.79 Å². The number of nitrogens with zero attached hydrogens (tertiary/aromatic N) is 2. The number of carbonyl (C=O) groups excluding carboxylic acids is 1. The zero-order chi connectivity index (χ0) is 11.5. The number of rotatable bonds is 3. The normalized spacial score (nSPS) is 10.4. The van der Waals surface area contributed by atoms with Gasteiger partial charge in [-0.05, 0) is 25.5 Å². The van der Waals surface area contributed by atoms with E-state index in [0.29, 0.717) is 5.69 Å². The topological polar surface area (TPSA) is 34.4 Å². The summed E-state index contributed by atoms with van der Waals surface area (Å²) in [4.78, 5) is 14.1. The molecule has 0 saturated heterocycles. The van der Waals surface area contributed by atoms with Gasteiger partial charge in [-0.15, -0.1) is 0 Å². The SMILES string of the molecule is CCCn1cc(N=C=O)c2cc(C)ccc21. The van der Waals surface area contributed by atoms with Crippen LogP contribution in [-0.2, 0) is 11.3 Å². The second-order valence-electron chi connectivity index (χ2n) is 3.93. The first-order chi connectivity index (χ1) is 7.76. The van der Waals surface area contributed by atoms with Crippen molar-refractivity contribution in [3.8, 4) is 0 Å². The van der Waals surface area contributed by atoms with Crippen molar-refractivity contribution in [2.45, 2.75) is 26.8 Å². The van der Waals surface area contributed by atoms with Crippen LogP contribution in [-0.4, -0.2) is 10.6 Å². The number of isocyanates is 1. The van der Waals surface area contributed by atoms with Gasteiger partial charge >= 0.3 is 0 Å². The van der Waals surface area contributed by atoms with Crippen LogP contribution in [0.5, 0.6) is 0 Å². The monoisotopic (exact) mass is 214 g/mol. The quantitative estimate of drug-likeness (QED) is 0.570. The summed E-state index contributed by atoms with van der Waals surface area (Å²) in [5, 5.41) is 1.02. The van der Waals surface area contributed by atoms with E-state index in [-0.39, 0.29) is 0 Å². The molecule has 0 unspecified atom stereocenters. The highest BCUT2D eigenvalue weighted by atomic mass is 16.1. The lowest BCUT2D eigenvalue weighted by Crippen LogP contribution is -1.93. The fourth-order valence-corrected chi connectivity index (χ4v) is 1.96. The van der Waals surface area contributed by atoms with E-state index in [0.717, 1.165) is 23.9 Å². The van der Waals surface area contributed by atoms with E-state index in [1.54, 1.807) is 6.08 Å². The maximum atomic E-state index is 10.4. The summed E-state index contributed by atoms with van der Waals surface area (Å²) >= 11 is 0. The first-order valence-electron chi connectivity index (χ1n) is 5.43. The Balaban J connectivity index is 2.70. The van der Waals surface area contributed by atoms with Crippen LogP contribution in [0.2, 0.25) is 0 Å². The summed E-state index contributed by atoms with van der Waals surface area (Å²) in [5.41, 5.74) is 3.01. The minimum Gasteiger partial charge on any atom is -0.345 e. The van der Waals surface area contributed by atoms with Crippen LogP contribution in [0.3, 0.4) is 0 Å². The van der Waals surface area contributed by atoms with E-state index < -0.39 is 0 Å². The minimum atomic E-state index is 0.710. The Kier molecular flexibility index (Phi) is 2.88. The van der Waals surface area contributed by atoms with Crippen LogP contribution >= 0.6 is 0 Å². The number of aryl methyl sites for hydroxylation is 2. The Morgan fingerprint density at radius 3 is 2.94 bits per heavy atom. The van der Waals surface area contributed by atoms with Gasteiger partial charge in [-0.3, -0.25) is 0 Å². The average molecular weight is 214 g/mol. The Labute approximate surface area is 94.4 Å². The molecule has 2 aromatic rings. The molecule has 0 fully saturated rings. The molecule has 0 spiro atoms. The van der Waals surface area contributed by atoms with Gasteiger partial charge in [0, 0.05) is 18.1 Å². The van der Waals surface area contributed by atoms with Gasteiger partial charge in [0.15, 0.2) is 0 Å². The van der Waals surface area contributed by atoms with Crippen molar-refractivity contribution in [3.05, 3.63) is 30.0 Å². The van der Waals surface area contributed by atoms with E-state index >= 15 is 0 Å². The molecule has 16 heavy (non-hydrogen) atoms. The molecule has 0 bridgehead atoms. The van der Waals surface area contributed by atoms with Crippen molar-refractivity contribution in [2.24, 2.45) is 4.99 Å². The van der Waals surface area contributed by atoms with Gasteiger partial charge in [-0.1, -0.05) is 18.6 Å². The van der Waals surface area contributed by atoms with Gasteiger partial charge in [0.05, 0.1) is 5.52 Å². The molecule has 1 aromatic carbocycles. The summed E-state index contributed by atoms with van der Waals surface area (Å²) in [6.45, 7) is 5.10. The molecule has 1 aromatic heterocycles. The predicted molar refractivity (Wildman–Crippen MR) is 64.7 cm³/mol. The van der Waals surface area contributed by atoms with Gasteiger partial charge < -0.3 is 4.57 Å². The van der Waals surface area contributed by atoms with Crippen LogP contribution in [0, 0.1) is 6.92 Å². The van der Waals surface area contributed by atoms with Crippen molar-refractivity contribution < 1.29 is 4.79 Å². The molecular weight excluding hydrogens is 200 g/mol. The third kappa shape index (κ3) is 1.77. The number of benzene rings is 1. The molecule has 2 rings (SSSR count). The second kappa shape index (κ2) is 4.33. The number of hydrogen-bond acceptors (Lipinski definition) is 2. The zero-order valence-electron chi connectivity index (χ0n) is 9.53. The van der Waals surface area contributed by atoms with E-state index in [2.05, 4.69) is 34.7 Å². The fraction of sp³-hybridized carbons (Fsp3) is 0.308. The van der Waals surface area contributed by atoms with Crippen LogP contribution in [0.4, 0.5) is 5.69 Å². The molecule has 82 valence electrons. The third-order valence-electron chi connectivity index (χ3n) is 2.65. The summed E-state index contributed by atoms with van der Waals surface area (Å²) in [6.07, 6.45) is 4.59. The molecule has 0 aliphatic rings. The molecule has 0 atom stereocenters. The third-order valence-corrected chi connectivity index (χ3v) is 2.65. The standard InChI is InChI=1S/C13H14N2O/c1-3-6-15-8-12(14-9-16)11-7-10(2)4-5-13(11)15/h4-5,7-8H,3,6H2,1-2H3.